The molecular formula is C14H20ClN3O2. The molecular weight excluding hydrogens is 278 g/mol. The van der Waals surface area contributed by atoms with Gasteiger partial charge >= 0.3 is 0 Å². The molecule has 0 radical (unpaired) electrons. The summed E-state index contributed by atoms with van der Waals surface area (Å²) in [5, 5.41) is 3.16. The van der Waals surface area contributed by atoms with E-state index in [4.69, 9.17) is 11.6 Å². The van der Waals surface area contributed by atoms with Crippen molar-refractivity contribution >= 4 is 23.4 Å². The van der Waals surface area contributed by atoms with E-state index in [1.165, 1.54) is 17.2 Å². The van der Waals surface area contributed by atoms with Gasteiger partial charge in [0.1, 0.15) is 11.7 Å². The van der Waals surface area contributed by atoms with Crippen molar-refractivity contribution in [1.82, 2.24) is 15.2 Å². The van der Waals surface area contributed by atoms with Gasteiger partial charge in [0.05, 0.1) is 0 Å². The second-order valence-corrected chi connectivity index (χ2v) is 5.68. The summed E-state index contributed by atoms with van der Waals surface area (Å²) in [4.78, 5) is 29.6. The van der Waals surface area contributed by atoms with E-state index < -0.39 is 11.9 Å². The summed E-state index contributed by atoms with van der Waals surface area (Å²) in [5.74, 6) is -0.237. The molecule has 1 N–H and O–H groups in total. The van der Waals surface area contributed by atoms with Crippen molar-refractivity contribution in [2.75, 3.05) is 14.1 Å². The molecule has 0 fully saturated rings. The van der Waals surface area contributed by atoms with Crippen LogP contribution in [0, 0.1) is 5.92 Å². The van der Waals surface area contributed by atoms with Gasteiger partial charge in [-0.15, -0.1) is 0 Å². The monoisotopic (exact) mass is 297 g/mol. The van der Waals surface area contributed by atoms with Crippen LogP contribution in [0.5, 0.6) is 0 Å². The van der Waals surface area contributed by atoms with Crippen molar-refractivity contribution in [1.29, 1.82) is 0 Å². The molecule has 0 saturated heterocycles. The van der Waals surface area contributed by atoms with Crippen molar-refractivity contribution in [2.45, 2.75) is 26.3 Å². The van der Waals surface area contributed by atoms with Gasteiger partial charge in [0.15, 0.2) is 0 Å². The number of pyridine rings is 1. The van der Waals surface area contributed by atoms with Gasteiger partial charge in [-0.25, -0.2) is 0 Å². The standard InChI is InChI=1S/C14H20ClN3O2/c1-9(2)7-12(14(20)18(3)4)17-13(19)11-8-10(15)5-6-16-11/h5-6,8-9,12H,7H2,1-4H3,(H,17,19). The average Bonchev–Trinajstić information content (AvgIpc) is 2.36. The summed E-state index contributed by atoms with van der Waals surface area (Å²) in [5.41, 5.74) is 0.206. The van der Waals surface area contributed by atoms with Crippen molar-refractivity contribution in [3.05, 3.63) is 29.0 Å². The summed E-state index contributed by atoms with van der Waals surface area (Å²) in [7, 11) is 3.33. The molecule has 6 heteroatoms. The van der Waals surface area contributed by atoms with Gasteiger partial charge in [0.2, 0.25) is 5.91 Å². The van der Waals surface area contributed by atoms with Crippen LogP contribution >= 0.6 is 11.6 Å². The number of hydrogen-bond donors (Lipinski definition) is 1. The Labute approximate surface area is 124 Å². The Morgan fingerprint density at radius 1 is 1.40 bits per heavy atom. The molecule has 0 bridgehead atoms. The molecule has 110 valence electrons. The summed E-state index contributed by atoms with van der Waals surface area (Å²) in [6.07, 6.45) is 2.03. The fraction of sp³-hybridized carbons (Fsp3) is 0.500. The summed E-state index contributed by atoms with van der Waals surface area (Å²) in [6.45, 7) is 4.00. The molecule has 0 aliphatic rings. The largest absolute Gasteiger partial charge is 0.347 e. The van der Waals surface area contributed by atoms with Crippen LogP contribution in [0.4, 0.5) is 0 Å². The molecule has 0 aromatic carbocycles. The first-order valence-corrected chi connectivity index (χ1v) is 6.82. The number of aromatic nitrogens is 1. The number of hydrogen-bond acceptors (Lipinski definition) is 3. The maximum absolute atomic E-state index is 12.1. The van der Waals surface area contributed by atoms with Gasteiger partial charge in [0, 0.05) is 25.3 Å². The zero-order valence-corrected chi connectivity index (χ0v) is 12.9. The second-order valence-electron chi connectivity index (χ2n) is 5.25. The Morgan fingerprint density at radius 3 is 2.55 bits per heavy atom. The van der Waals surface area contributed by atoms with E-state index in [-0.39, 0.29) is 17.5 Å². The van der Waals surface area contributed by atoms with Gasteiger partial charge in [-0.05, 0) is 24.5 Å². The molecule has 0 aliphatic heterocycles. The molecule has 1 rings (SSSR count). The van der Waals surface area contributed by atoms with E-state index in [2.05, 4.69) is 10.3 Å². The van der Waals surface area contributed by atoms with E-state index in [0.717, 1.165) is 0 Å². The smallest absolute Gasteiger partial charge is 0.270 e. The lowest BCUT2D eigenvalue weighted by molar-refractivity contribution is -0.131. The number of nitrogens with one attached hydrogen (secondary N) is 1. The van der Waals surface area contributed by atoms with Crippen LogP contribution in [0.3, 0.4) is 0 Å². The highest BCUT2D eigenvalue weighted by Crippen LogP contribution is 2.10. The fourth-order valence-corrected chi connectivity index (χ4v) is 1.93. The summed E-state index contributed by atoms with van der Waals surface area (Å²) in [6, 6.07) is 2.51. The van der Waals surface area contributed by atoms with Crippen LogP contribution < -0.4 is 5.32 Å². The minimum absolute atomic E-state index is 0.130. The molecule has 1 aromatic rings. The maximum Gasteiger partial charge on any atom is 0.270 e. The van der Waals surface area contributed by atoms with Crippen LogP contribution in [0.15, 0.2) is 18.3 Å². The van der Waals surface area contributed by atoms with Gasteiger partial charge in [-0.2, -0.15) is 0 Å². The van der Waals surface area contributed by atoms with Crippen LogP contribution in [0.2, 0.25) is 5.02 Å². The van der Waals surface area contributed by atoms with E-state index in [9.17, 15) is 9.59 Å². The number of rotatable bonds is 5. The maximum atomic E-state index is 12.1. The van der Waals surface area contributed by atoms with Gasteiger partial charge in [0.25, 0.3) is 5.91 Å². The SMILES string of the molecule is CC(C)CC(NC(=O)c1cc(Cl)ccn1)C(=O)N(C)C. The minimum Gasteiger partial charge on any atom is -0.347 e. The van der Waals surface area contributed by atoms with Crippen LogP contribution in [-0.4, -0.2) is 41.8 Å². The highest BCUT2D eigenvalue weighted by Gasteiger charge is 2.24. The average molecular weight is 298 g/mol. The van der Waals surface area contributed by atoms with Crippen LogP contribution in [0.1, 0.15) is 30.8 Å². The molecule has 0 spiro atoms. The van der Waals surface area contributed by atoms with Crippen molar-refractivity contribution in [3.63, 3.8) is 0 Å². The molecule has 1 aromatic heterocycles. The fourth-order valence-electron chi connectivity index (χ4n) is 1.77. The first-order chi connectivity index (χ1) is 9.31. The Kier molecular flexibility index (Phi) is 5.95. The zero-order chi connectivity index (χ0) is 15.3. The van der Waals surface area contributed by atoms with Crippen LogP contribution in [0.25, 0.3) is 0 Å². The summed E-state index contributed by atoms with van der Waals surface area (Å²) >= 11 is 5.83. The summed E-state index contributed by atoms with van der Waals surface area (Å²) < 4.78 is 0. The quantitative estimate of drug-likeness (QED) is 0.904. The van der Waals surface area contributed by atoms with E-state index in [1.807, 2.05) is 13.8 Å². The van der Waals surface area contributed by atoms with Crippen molar-refractivity contribution in [3.8, 4) is 0 Å². The third kappa shape index (κ3) is 4.81. The van der Waals surface area contributed by atoms with Gasteiger partial charge < -0.3 is 10.2 Å². The lowest BCUT2D eigenvalue weighted by Crippen LogP contribution is -2.47. The third-order valence-electron chi connectivity index (χ3n) is 2.71. The predicted octanol–water partition coefficient (Wildman–Crippen LogP) is 1.97. The first kappa shape index (κ1) is 16.4. The second kappa shape index (κ2) is 7.24. The lowest BCUT2D eigenvalue weighted by atomic mass is 10.0. The molecule has 0 aliphatic carbocycles. The normalized spacial score (nSPS) is 12.1. The topological polar surface area (TPSA) is 62.3 Å². The predicted molar refractivity (Wildman–Crippen MR) is 78.7 cm³/mol. The number of carbonyl (C=O) groups excluding carboxylic acids is 2. The minimum atomic E-state index is -0.557. The number of likely N-dealkylation sites (N-methyl/N-ethyl adjacent to an activating group) is 1. The molecule has 1 atom stereocenters. The van der Waals surface area contributed by atoms with Gasteiger partial charge in [-0.3, -0.25) is 14.6 Å². The Balaban J connectivity index is 2.84. The molecule has 2 amide bonds. The Bertz CT molecular complexity index is 489. The van der Waals surface area contributed by atoms with Gasteiger partial charge in [-0.1, -0.05) is 25.4 Å². The first-order valence-electron chi connectivity index (χ1n) is 6.44. The van der Waals surface area contributed by atoms with Crippen molar-refractivity contribution in [2.24, 2.45) is 5.92 Å². The number of amides is 2. The molecule has 1 unspecified atom stereocenters. The molecule has 20 heavy (non-hydrogen) atoms. The number of nitrogens with zero attached hydrogens (tertiary/aromatic N) is 2. The molecule has 1 heterocycles. The highest BCUT2D eigenvalue weighted by molar-refractivity contribution is 6.30. The molecule has 5 nitrogen and oxygen atoms in total. The zero-order valence-electron chi connectivity index (χ0n) is 12.2. The number of carbonyl (C=O) groups is 2. The van der Waals surface area contributed by atoms with Crippen LogP contribution in [-0.2, 0) is 4.79 Å². The third-order valence-corrected chi connectivity index (χ3v) is 2.94. The Hall–Kier alpha value is -1.62. The lowest BCUT2D eigenvalue weighted by Gasteiger charge is -2.23. The number of halogens is 1. The van der Waals surface area contributed by atoms with E-state index in [0.29, 0.717) is 11.4 Å². The highest BCUT2D eigenvalue weighted by atomic mass is 35.5. The Morgan fingerprint density at radius 2 is 2.05 bits per heavy atom. The van der Waals surface area contributed by atoms with E-state index >= 15 is 0 Å². The van der Waals surface area contributed by atoms with Crippen molar-refractivity contribution < 1.29 is 9.59 Å². The van der Waals surface area contributed by atoms with E-state index in [1.54, 1.807) is 20.2 Å². The molecule has 0 saturated carbocycles.